The molecule has 0 atom stereocenters. The van der Waals surface area contributed by atoms with Crippen LogP contribution in [0.5, 0.6) is 5.75 Å². The summed E-state index contributed by atoms with van der Waals surface area (Å²) in [7, 11) is 1.81. The summed E-state index contributed by atoms with van der Waals surface area (Å²) < 4.78 is 20.3. The molecule has 0 saturated carbocycles. The molecule has 3 rings (SSSR count). The predicted octanol–water partition coefficient (Wildman–Crippen LogP) is 1.71. The predicted molar refractivity (Wildman–Crippen MR) is 88.0 cm³/mol. The van der Waals surface area contributed by atoms with Gasteiger partial charge in [-0.05, 0) is 12.1 Å². The van der Waals surface area contributed by atoms with Crippen LogP contribution in [0.4, 0.5) is 4.39 Å². The molecule has 128 valence electrons. The van der Waals surface area contributed by atoms with E-state index in [0.29, 0.717) is 11.4 Å². The monoisotopic (exact) mass is 341 g/mol. The molecule has 1 aromatic carbocycles. The fraction of sp³-hybridized carbons (Fsp3) is 0.176. The van der Waals surface area contributed by atoms with Gasteiger partial charge in [0.05, 0.1) is 24.1 Å². The van der Waals surface area contributed by atoms with Gasteiger partial charge in [-0.1, -0.05) is 12.1 Å². The molecule has 0 aliphatic carbocycles. The second-order valence-electron chi connectivity index (χ2n) is 5.25. The van der Waals surface area contributed by atoms with E-state index in [9.17, 15) is 9.18 Å². The highest BCUT2D eigenvalue weighted by Gasteiger charge is 2.12. The maximum Gasteiger partial charge on any atom is 0.258 e. The van der Waals surface area contributed by atoms with Gasteiger partial charge in [-0.3, -0.25) is 19.4 Å². The number of aromatic nitrogens is 4. The third kappa shape index (κ3) is 4.17. The molecule has 0 fully saturated rings. The van der Waals surface area contributed by atoms with E-state index in [4.69, 9.17) is 4.74 Å². The lowest BCUT2D eigenvalue weighted by Crippen LogP contribution is -2.29. The first kappa shape index (κ1) is 16.6. The first-order chi connectivity index (χ1) is 12.1. The number of rotatable bonds is 6. The number of nitrogens with zero attached hydrogens (tertiary/aromatic N) is 4. The lowest BCUT2D eigenvalue weighted by Gasteiger charge is -2.09. The Morgan fingerprint density at radius 1 is 1.28 bits per heavy atom. The minimum atomic E-state index is -0.511. The molecule has 8 heteroatoms. The summed E-state index contributed by atoms with van der Waals surface area (Å²) >= 11 is 0. The number of ether oxygens (including phenoxy) is 1. The van der Waals surface area contributed by atoms with Crippen LogP contribution in [0.25, 0.3) is 11.3 Å². The minimum absolute atomic E-state index is 0.0354. The van der Waals surface area contributed by atoms with Gasteiger partial charge in [0, 0.05) is 31.2 Å². The fourth-order valence-corrected chi connectivity index (χ4v) is 2.22. The van der Waals surface area contributed by atoms with Gasteiger partial charge in [0.2, 0.25) is 0 Å². The van der Waals surface area contributed by atoms with Crippen LogP contribution in [0.1, 0.15) is 5.69 Å². The molecule has 7 nitrogen and oxygen atoms in total. The van der Waals surface area contributed by atoms with Gasteiger partial charge < -0.3 is 10.1 Å². The van der Waals surface area contributed by atoms with Gasteiger partial charge in [-0.2, -0.15) is 5.10 Å². The Labute approximate surface area is 143 Å². The third-order valence-corrected chi connectivity index (χ3v) is 3.40. The Morgan fingerprint density at radius 2 is 2.08 bits per heavy atom. The van der Waals surface area contributed by atoms with Crippen molar-refractivity contribution < 1.29 is 13.9 Å². The van der Waals surface area contributed by atoms with Crippen molar-refractivity contribution in [3.8, 4) is 17.0 Å². The SMILES string of the molecule is Cn1cc(-c2nccnc2CNC(=O)COc2ccccc2F)cn1. The molecule has 25 heavy (non-hydrogen) atoms. The maximum atomic E-state index is 13.5. The standard InChI is InChI=1S/C17H16FN5O2/c1-23-10-12(8-22-23)17-14(19-6-7-20-17)9-21-16(24)11-25-15-5-3-2-4-13(15)18/h2-8,10H,9,11H2,1H3,(H,21,24). The van der Waals surface area contributed by atoms with Crippen molar-refractivity contribution >= 4 is 5.91 Å². The number of aryl methyl sites for hydroxylation is 1. The molecule has 0 radical (unpaired) electrons. The maximum absolute atomic E-state index is 13.5. The lowest BCUT2D eigenvalue weighted by molar-refractivity contribution is -0.123. The highest BCUT2D eigenvalue weighted by atomic mass is 19.1. The minimum Gasteiger partial charge on any atom is -0.481 e. The largest absolute Gasteiger partial charge is 0.481 e. The molecule has 3 aromatic rings. The molecule has 0 unspecified atom stereocenters. The average molecular weight is 341 g/mol. The zero-order valence-electron chi connectivity index (χ0n) is 13.5. The number of benzene rings is 1. The number of hydrogen-bond donors (Lipinski definition) is 1. The van der Waals surface area contributed by atoms with Crippen molar-refractivity contribution in [3.05, 3.63) is 60.6 Å². The number of halogens is 1. The number of carbonyl (C=O) groups is 1. The Kier molecular flexibility index (Phi) is 4.98. The topological polar surface area (TPSA) is 81.9 Å². The van der Waals surface area contributed by atoms with Crippen molar-refractivity contribution in [2.24, 2.45) is 7.05 Å². The van der Waals surface area contributed by atoms with Gasteiger partial charge in [0.1, 0.15) is 0 Å². The van der Waals surface area contributed by atoms with Gasteiger partial charge in [0.15, 0.2) is 18.2 Å². The lowest BCUT2D eigenvalue weighted by atomic mass is 10.2. The molecule has 0 spiro atoms. The highest BCUT2D eigenvalue weighted by Crippen LogP contribution is 2.18. The van der Waals surface area contributed by atoms with E-state index >= 15 is 0 Å². The average Bonchev–Trinajstić information content (AvgIpc) is 3.06. The van der Waals surface area contributed by atoms with Crippen molar-refractivity contribution in [2.75, 3.05) is 6.61 Å². The summed E-state index contributed by atoms with van der Waals surface area (Å²) in [6.07, 6.45) is 6.62. The molecule has 2 heterocycles. The van der Waals surface area contributed by atoms with E-state index in [1.165, 1.54) is 12.1 Å². The van der Waals surface area contributed by atoms with Crippen LogP contribution >= 0.6 is 0 Å². The van der Waals surface area contributed by atoms with E-state index in [1.54, 1.807) is 42.5 Å². The van der Waals surface area contributed by atoms with Crippen LogP contribution in [0, 0.1) is 5.82 Å². The zero-order chi connectivity index (χ0) is 17.6. The molecule has 1 amide bonds. The summed E-state index contributed by atoms with van der Waals surface area (Å²) in [4.78, 5) is 20.5. The second-order valence-corrected chi connectivity index (χ2v) is 5.25. The molecule has 2 aromatic heterocycles. The Bertz CT molecular complexity index is 881. The van der Waals surface area contributed by atoms with E-state index in [-0.39, 0.29) is 24.8 Å². The van der Waals surface area contributed by atoms with Crippen LogP contribution in [0.3, 0.4) is 0 Å². The number of hydrogen-bond acceptors (Lipinski definition) is 5. The third-order valence-electron chi connectivity index (χ3n) is 3.40. The second kappa shape index (κ2) is 7.52. The van der Waals surface area contributed by atoms with Crippen LogP contribution in [0.2, 0.25) is 0 Å². The highest BCUT2D eigenvalue weighted by molar-refractivity contribution is 5.77. The Morgan fingerprint density at radius 3 is 2.84 bits per heavy atom. The van der Waals surface area contributed by atoms with Crippen molar-refractivity contribution in [3.63, 3.8) is 0 Å². The first-order valence-corrected chi connectivity index (χ1v) is 7.56. The number of para-hydroxylation sites is 1. The number of amides is 1. The summed E-state index contributed by atoms with van der Waals surface area (Å²) in [5.74, 6) is -0.859. The van der Waals surface area contributed by atoms with Gasteiger partial charge in [-0.15, -0.1) is 0 Å². The van der Waals surface area contributed by atoms with Gasteiger partial charge in [-0.25, -0.2) is 4.39 Å². The fourth-order valence-electron chi connectivity index (χ4n) is 2.22. The molecule has 0 saturated heterocycles. The quantitative estimate of drug-likeness (QED) is 0.738. The summed E-state index contributed by atoms with van der Waals surface area (Å²) in [5.41, 5.74) is 2.06. The van der Waals surface area contributed by atoms with E-state index in [2.05, 4.69) is 20.4 Å². The smallest absolute Gasteiger partial charge is 0.258 e. The van der Waals surface area contributed by atoms with Gasteiger partial charge >= 0.3 is 0 Å². The summed E-state index contributed by atoms with van der Waals surface area (Å²) in [6.45, 7) is -0.110. The van der Waals surface area contributed by atoms with Crippen LogP contribution in [-0.4, -0.2) is 32.3 Å². The normalized spacial score (nSPS) is 10.5. The number of nitrogens with one attached hydrogen (secondary N) is 1. The Hall–Kier alpha value is -3.29. The number of carbonyl (C=O) groups excluding carboxylic acids is 1. The molecule has 0 bridgehead atoms. The zero-order valence-corrected chi connectivity index (χ0v) is 13.5. The van der Waals surface area contributed by atoms with E-state index in [0.717, 1.165) is 5.56 Å². The van der Waals surface area contributed by atoms with Crippen LogP contribution < -0.4 is 10.1 Å². The van der Waals surface area contributed by atoms with Crippen molar-refractivity contribution in [2.45, 2.75) is 6.54 Å². The first-order valence-electron chi connectivity index (χ1n) is 7.56. The van der Waals surface area contributed by atoms with E-state index in [1.807, 2.05) is 6.20 Å². The van der Waals surface area contributed by atoms with Crippen molar-refractivity contribution in [1.29, 1.82) is 0 Å². The summed E-state index contributed by atoms with van der Waals surface area (Å²) in [5, 5.41) is 6.80. The molecule has 1 N–H and O–H groups in total. The Balaban J connectivity index is 1.60. The van der Waals surface area contributed by atoms with Gasteiger partial charge in [0.25, 0.3) is 5.91 Å². The van der Waals surface area contributed by atoms with Crippen molar-refractivity contribution in [1.82, 2.24) is 25.1 Å². The van der Waals surface area contributed by atoms with Crippen LogP contribution in [0.15, 0.2) is 49.1 Å². The summed E-state index contributed by atoms with van der Waals surface area (Å²) in [6, 6.07) is 5.92. The molecule has 0 aliphatic rings. The van der Waals surface area contributed by atoms with E-state index < -0.39 is 5.82 Å². The molecular weight excluding hydrogens is 325 g/mol. The van der Waals surface area contributed by atoms with Crippen LogP contribution in [-0.2, 0) is 18.4 Å². The molecule has 0 aliphatic heterocycles. The molecular formula is C17H16FN5O2.